The quantitative estimate of drug-likeness (QED) is 0.838. The zero-order valence-corrected chi connectivity index (χ0v) is 13.4. The zero-order valence-electron chi connectivity index (χ0n) is 11.8. The Kier molecular flexibility index (Phi) is 5.50. The van der Waals surface area contributed by atoms with E-state index in [2.05, 4.69) is 23.6 Å². The Labute approximate surface area is 129 Å². The van der Waals surface area contributed by atoms with Crippen LogP contribution in [0.2, 0.25) is 0 Å². The topological polar surface area (TPSA) is 44.1 Å². The Morgan fingerprint density at radius 2 is 2.30 bits per heavy atom. The van der Waals surface area contributed by atoms with Gasteiger partial charge in [0.1, 0.15) is 4.75 Å². The normalized spacial score (nSPS) is 17.7. The van der Waals surface area contributed by atoms with E-state index in [0.29, 0.717) is 6.42 Å². The predicted molar refractivity (Wildman–Crippen MR) is 84.9 cm³/mol. The molecule has 0 aromatic carbocycles. The van der Waals surface area contributed by atoms with Crippen molar-refractivity contribution in [3.05, 3.63) is 22.4 Å². The number of aryl methyl sites for hydroxylation is 1. The molecule has 0 aliphatic carbocycles. The van der Waals surface area contributed by atoms with Crippen LogP contribution in [0.25, 0.3) is 0 Å². The summed E-state index contributed by atoms with van der Waals surface area (Å²) in [6.07, 6.45) is 6.10. The highest BCUT2D eigenvalue weighted by atomic mass is 32.2. The smallest absolute Gasteiger partial charge is 0.222 e. The van der Waals surface area contributed by atoms with Crippen LogP contribution in [0, 0.1) is 11.3 Å². The van der Waals surface area contributed by atoms with Crippen molar-refractivity contribution >= 4 is 29.0 Å². The lowest BCUT2D eigenvalue weighted by molar-refractivity contribution is -0.132. The first-order valence-corrected chi connectivity index (χ1v) is 9.06. The number of likely N-dealkylation sites (tertiary alicyclic amines) is 1. The summed E-state index contributed by atoms with van der Waals surface area (Å²) in [7, 11) is 0. The van der Waals surface area contributed by atoms with E-state index < -0.39 is 0 Å². The average Bonchev–Trinajstić information content (AvgIpc) is 3.00. The van der Waals surface area contributed by atoms with Gasteiger partial charge in [-0.1, -0.05) is 6.07 Å². The molecule has 5 heteroatoms. The number of rotatable bonds is 5. The number of thioether (sulfide) groups is 1. The molecule has 0 atom stereocenters. The first-order chi connectivity index (χ1) is 9.69. The molecule has 1 aromatic heterocycles. The van der Waals surface area contributed by atoms with Crippen molar-refractivity contribution < 1.29 is 4.79 Å². The van der Waals surface area contributed by atoms with Crippen LogP contribution in [0.1, 0.15) is 30.6 Å². The first-order valence-electron chi connectivity index (χ1n) is 6.96. The maximum Gasteiger partial charge on any atom is 0.222 e. The van der Waals surface area contributed by atoms with Crippen LogP contribution in [0.4, 0.5) is 0 Å². The van der Waals surface area contributed by atoms with Crippen molar-refractivity contribution in [2.24, 2.45) is 0 Å². The zero-order chi connectivity index (χ0) is 14.4. The molecule has 0 spiro atoms. The van der Waals surface area contributed by atoms with Gasteiger partial charge in [-0.05, 0) is 43.4 Å². The van der Waals surface area contributed by atoms with Crippen molar-refractivity contribution in [2.75, 3.05) is 19.3 Å². The Hall–Kier alpha value is -0.990. The molecular weight excluding hydrogens is 288 g/mol. The molecule has 0 unspecified atom stereocenters. The molecular formula is C15H20N2OS2. The maximum absolute atomic E-state index is 12.2. The number of thiophene rings is 1. The molecule has 20 heavy (non-hydrogen) atoms. The van der Waals surface area contributed by atoms with Crippen LogP contribution >= 0.6 is 23.1 Å². The predicted octanol–water partition coefficient (Wildman–Crippen LogP) is 3.32. The van der Waals surface area contributed by atoms with Gasteiger partial charge in [0.25, 0.3) is 0 Å². The van der Waals surface area contributed by atoms with Gasteiger partial charge >= 0.3 is 0 Å². The highest BCUT2D eigenvalue weighted by Gasteiger charge is 2.35. The Balaban J connectivity index is 1.73. The van der Waals surface area contributed by atoms with Gasteiger partial charge in [-0.2, -0.15) is 5.26 Å². The first kappa shape index (κ1) is 15.4. The molecule has 3 nitrogen and oxygen atoms in total. The van der Waals surface area contributed by atoms with E-state index in [9.17, 15) is 10.1 Å². The van der Waals surface area contributed by atoms with Crippen molar-refractivity contribution in [3.63, 3.8) is 0 Å². The second-order valence-electron chi connectivity index (χ2n) is 5.12. The Morgan fingerprint density at radius 1 is 1.55 bits per heavy atom. The van der Waals surface area contributed by atoms with Crippen LogP contribution in [0.5, 0.6) is 0 Å². The van der Waals surface area contributed by atoms with Crippen molar-refractivity contribution in [2.45, 2.75) is 36.9 Å². The van der Waals surface area contributed by atoms with E-state index in [4.69, 9.17) is 0 Å². The fraction of sp³-hybridized carbons (Fsp3) is 0.600. The molecule has 1 aliphatic rings. The number of hydrogen-bond donors (Lipinski definition) is 0. The lowest BCUT2D eigenvalue weighted by atomic mass is 9.97. The maximum atomic E-state index is 12.2. The summed E-state index contributed by atoms with van der Waals surface area (Å²) < 4.78 is -0.270. The standard InChI is InChI=1S/C15H20N2OS2/c1-19-15(12-16)7-9-17(10-8-15)14(18)6-2-4-13-5-3-11-20-13/h3,5,11H,2,4,6-10H2,1H3. The van der Waals surface area contributed by atoms with Gasteiger partial charge in [0.15, 0.2) is 0 Å². The fourth-order valence-electron chi connectivity index (χ4n) is 2.51. The molecule has 108 valence electrons. The summed E-state index contributed by atoms with van der Waals surface area (Å²) in [5, 5.41) is 11.3. The van der Waals surface area contributed by atoms with E-state index in [-0.39, 0.29) is 10.7 Å². The lowest BCUT2D eigenvalue weighted by Gasteiger charge is -2.36. The van der Waals surface area contributed by atoms with Crippen molar-refractivity contribution in [1.29, 1.82) is 5.26 Å². The van der Waals surface area contributed by atoms with Crippen LogP contribution in [0.3, 0.4) is 0 Å². The number of hydrogen-bond acceptors (Lipinski definition) is 4. The second-order valence-corrected chi connectivity index (χ2v) is 7.35. The number of carbonyl (C=O) groups excluding carboxylic acids is 1. The minimum Gasteiger partial charge on any atom is -0.343 e. The molecule has 1 aromatic rings. The molecule has 1 fully saturated rings. The minimum absolute atomic E-state index is 0.245. The Morgan fingerprint density at radius 3 is 2.85 bits per heavy atom. The fourth-order valence-corrected chi connectivity index (χ4v) is 3.94. The van der Waals surface area contributed by atoms with Crippen molar-refractivity contribution in [3.8, 4) is 6.07 Å². The van der Waals surface area contributed by atoms with Crippen LogP contribution in [-0.2, 0) is 11.2 Å². The highest BCUT2D eigenvalue weighted by Crippen LogP contribution is 2.33. The third kappa shape index (κ3) is 3.77. The SMILES string of the molecule is CSC1(C#N)CCN(C(=O)CCCc2cccs2)CC1. The number of carbonyl (C=O) groups is 1. The monoisotopic (exact) mass is 308 g/mol. The molecule has 0 N–H and O–H groups in total. The lowest BCUT2D eigenvalue weighted by Crippen LogP contribution is -2.44. The number of nitrogens with zero attached hydrogens (tertiary/aromatic N) is 2. The molecule has 1 amide bonds. The van der Waals surface area contributed by atoms with Crippen LogP contribution in [-0.4, -0.2) is 34.9 Å². The van der Waals surface area contributed by atoms with E-state index in [1.165, 1.54) is 4.88 Å². The molecule has 0 saturated carbocycles. The summed E-state index contributed by atoms with van der Waals surface area (Å²) in [6.45, 7) is 1.46. The summed E-state index contributed by atoms with van der Waals surface area (Å²) in [5.41, 5.74) is 0. The van der Waals surface area contributed by atoms with Gasteiger partial charge in [0, 0.05) is 24.4 Å². The second kappa shape index (κ2) is 7.14. The minimum atomic E-state index is -0.270. The van der Waals surface area contributed by atoms with Gasteiger partial charge < -0.3 is 4.90 Å². The molecule has 2 rings (SSSR count). The van der Waals surface area contributed by atoms with Crippen LogP contribution < -0.4 is 0 Å². The largest absolute Gasteiger partial charge is 0.343 e. The molecule has 1 saturated heterocycles. The third-order valence-electron chi connectivity index (χ3n) is 3.91. The number of amides is 1. The number of piperidine rings is 1. The molecule has 0 radical (unpaired) electrons. The summed E-state index contributed by atoms with van der Waals surface area (Å²) in [4.78, 5) is 15.4. The number of nitriles is 1. The highest BCUT2D eigenvalue weighted by molar-refractivity contribution is 8.00. The molecule has 1 aliphatic heterocycles. The average molecular weight is 308 g/mol. The van der Waals surface area contributed by atoms with Crippen molar-refractivity contribution in [1.82, 2.24) is 4.90 Å². The van der Waals surface area contributed by atoms with E-state index >= 15 is 0 Å². The van der Waals surface area contributed by atoms with Crippen LogP contribution in [0.15, 0.2) is 17.5 Å². The van der Waals surface area contributed by atoms with E-state index in [1.807, 2.05) is 11.2 Å². The van der Waals surface area contributed by atoms with E-state index in [0.717, 1.165) is 38.8 Å². The van der Waals surface area contributed by atoms with E-state index in [1.54, 1.807) is 23.1 Å². The summed E-state index contributed by atoms with van der Waals surface area (Å²) in [6, 6.07) is 6.59. The third-order valence-corrected chi connectivity index (χ3v) is 6.13. The summed E-state index contributed by atoms with van der Waals surface area (Å²) >= 11 is 3.38. The van der Waals surface area contributed by atoms with Gasteiger partial charge in [-0.15, -0.1) is 23.1 Å². The van der Waals surface area contributed by atoms with Gasteiger partial charge in [0.2, 0.25) is 5.91 Å². The Bertz CT molecular complexity index is 471. The molecule has 0 bridgehead atoms. The molecule has 2 heterocycles. The van der Waals surface area contributed by atoms with Gasteiger partial charge in [-0.3, -0.25) is 4.79 Å². The van der Waals surface area contributed by atoms with Gasteiger partial charge in [-0.25, -0.2) is 0 Å². The van der Waals surface area contributed by atoms with Gasteiger partial charge in [0.05, 0.1) is 6.07 Å². The summed E-state index contributed by atoms with van der Waals surface area (Å²) in [5.74, 6) is 0.245.